The minimum atomic E-state index is -4.20. The number of urea groups is 1. The molecule has 1 N–H and O–H groups in total. The number of rotatable bonds is 7. The van der Waals surface area contributed by atoms with Crippen LogP contribution in [0.15, 0.2) is 42.2 Å². The maximum atomic E-state index is 12.6. The van der Waals surface area contributed by atoms with Crippen molar-refractivity contribution in [1.29, 1.82) is 0 Å². The van der Waals surface area contributed by atoms with Crippen molar-refractivity contribution in [3.63, 3.8) is 0 Å². The number of anilines is 1. The molecule has 0 spiro atoms. The third-order valence-electron chi connectivity index (χ3n) is 5.48. The van der Waals surface area contributed by atoms with Gasteiger partial charge in [-0.05, 0) is 36.0 Å². The first-order chi connectivity index (χ1) is 16.1. The highest BCUT2D eigenvalue weighted by molar-refractivity contribution is 5.88. The first kappa shape index (κ1) is 25.3. The SMILES string of the molecule is COc1cnc(NC(=O)N2CCC(=Cc3cccc(OCC(C)CC(F)(F)F)c3)C(C)C2)cn1. The summed E-state index contributed by atoms with van der Waals surface area (Å²) in [7, 11) is 1.49. The molecule has 1 saturated heterocycles. The Labute approximate surface area is 197 Å². The summed E-state index contributed by atoms with van der Waals surface area (Å²) in [6, 6.07) is 7.06. The number of amides is 2. The van der Waals surface area contributed by atoms with Crippen molar-refractivity contribution >= 4 is 17.9 Å². The third-order valence-corrected chi connectivity index (χ3v) is 5.48. The quantitative estimate of drug-likeness (QED) is 0.576. The second-order valence-corrected chi connectivity index (χ2v) is 8.50. The highest BCUT2D eigenvalue weighted by Gasteiger charge is 2.30. The summed E-state index contributed by atoms with van der Waals surface area (Å²) >= 11 is 0. The molecule has 2 unspecified atom stereocenters. The van der Waals surface area contributed by atoms with E-state index in [1.807, 2.05) is 18.2 Å². The van der Waals surface area contributed by atoms with E-state index in [1.54, 1.807) is 11.0 Å². The second kappa shape index (κ2) is 11.2. The Morgan fingerprint density at radius 1 is 1.32 bits per heavy atom. The highest BCUT2D eigenvalue weighted by atomic mass is 19.4. The minimum absolute atomic E-state index is 0.00141. The number of hydrogen-bond donors (Lipinski definition) is 1. The molecule has 0 bridgehead atoms. The Hall–Kier alpha value is -3.30. The van der Waals surface area contributed by atoms with E-state index in [9.17, 15) is 18.0 Å². The largest absolute Gasteiger partial charge is 0.493 e. The molecular weight excluding hydrogens is 449 g/mol. The standard InChI is InChI=1S/C24H29F3N4O3/c1-16(11-24(25,26)27)15-34-20-6-4-5-18(10-20)9-19-7-8-31(14-17(19)2)23(32)30-21-12-29-22(33-3)13-28-21/h4-6,9-10,12-13,16-17H,7-8,11,14-15H2,1-3H3,(H,28,30,32). The topological polar surface area (TPSA) is 76.6 Å². The number of likely N-dealkylation sites (tertiary alicyclic amines) is 1. The van der Waals surface area contributed by atoms with Gasteiger partial charge in [-0.15, -0.1) is 0 Å². The van der Waals surface area contributed by atoms with Gasteiger partial charge in [0.25, 0.3) is 0 Å². The summed E-state index contributed by atoms with van der Waals surface area (Å²) in [4.78, 5) is 22.5. The van der Waals surface area contributed by atoms with E-state index in [-0.39, 0.29) is 18.6 Å². The molecule has 0 saturated carbocycles. The van der Waals surface area contributed by atoms with E-state index < -0.39 is 18.5 Å². The monoisotopic (exact) mass is 478 g/mol. The molecule has 7 nitrogen and oxygen atoms in total. The van der Waals surface area contributed by atoms with Gasteiger partial charge >= 0.3 is 12.2 Å². The van der Waals surface area contributed by atoms with E-state index in [4.69, 9.17) is 9.47 Å². The van der Waals surface area contributed by atoms with Crippen molar-refractivity contribution in [2.24, 2.45) is 11.8 Å². The number of methoxy groups -OCH3 is 1. The molecule has 1 aromatic carbocycles. The highest BCUT2D eigenvalue weighted by Crippen LogP contribution is 2.28. The van der Waals surface area contributed by atoms with Crippen molar-refractivity contribution in [2.45, 2.75) is 32.9 Å². The van der Waals surface area contributed by atoms with Gasteiger partial charge < -0.3 is 14.4 Å². The molecule has 3 rings (SSSR count). The second-order valence-electron chi connectivity index (χ2n) is 8.50. The number of carbonyl (C=O) groups is 1. The van der Waals surface area contributed by atoms with E-state index in [0.717, 1.165) is 5.56 Å². The summed E-state index contributed by atoms with van der Waals surface area (Å²) in [5, 5.41) is 2.74. The normalized spacial score (nSPS) is 18.5. The van der Waals surface area contributed by atoms with Crippen molar-refractivity contribution in [1.82, 2.24) is 14.9 Å². The number of nitrogens with zero attached hydrogens (tertiary/aromatic N) is 3. The van der Waals surface area contributed by atoms with Crippen LogP contribution in [0.4, 0.5) is 23.8 Å². The Morgan fingerprint density at radius 3 is 2.76 bits per heavy atom. The zero-order chi connectivity index (χ0) is 24.7. The molecule has 2 heterocycles. The number of alkyl halides is 3. The van der Waals surface area contributed by atoms with Crippen molar-refractivity contribution < 1.29 is 27.4 Å². The number of benzene rings is 1. The predicted octanol–water partition coefficient (Wildman–Crippen LogP) is 5.41. The molecule has 0 radical (unpaired) electrons. The fourth-order valence-corrected chi connectivity index (χ4v) is 3.72. The molecule has 184 valence electrons. The minimum Gasteiger partial charge on any atom is -0.493 e. The van der Waals surface area contributed by atoms with E-state index >= 15 is 0 Å². The lowest BCUT2D eigenvalue weighted by atomic mass is 9.91. The maximum absolute atomic E-state index is 12.6. The number of piperidine rings is 1. The molecule has 2 amide bonds. The van der Waals surface area contributed by atoms with Gasteiger partial charge in [0.15, 0.2) is 5.82 Å². The molecule has 1 aliphatic heterocycles. The summed E-state index contributed by atoms with van der Waals surface area (Å²) < 4.78 is 48.1. The summed E-state index contributed by atoms with van der Waals surface area (Å²) in [5.41, 5.74) is 2.10. The molecule has 1 aromatic heterocycles. The Balaban J connectivity index is 1.55. The molecule has 2 atom stereocenters. The van der Waals surface area contributed by atoms with Crippen LogP contribution in [0, 0.1) is 11.8 Å². The smallest absolute Gasteiger partial charge is 0.389 e. The van der Waals surface area contributed by atoms with Crippen LogP contribution < -0.4 is 14.8 Å². The van der Waals surface area contributed by atoms with E-state index in [0.29, 0.717) is 37.0 Å². The number of carbonyl (C=O) groups excluding carboxylic acids is 1. The molecule has 1 aliphatic rings. The molecule has 34 heavy (non-hydrogen) atoms. The number of ether oxygens (including phenoxy) is 2. The number of hydrogen-bond acceptors (Lipinski definition) is 5. The first-order valence-corrected chi connectivity index (χ1v) is 11.0. The average molecular weight is 479 g/mol. The van der Waals surface area contributed by atoms with Crippen LogP contribution in [0.1, 0.15) is 32.3 Å². The van der Waals surface area contributed by atoms with Gasteiger partial charge in [0.2, 0.25) is 5.88 Å². The van der Waals surface area contributed by atoms with Gasteiger partial charge in [-0.3, -0.25) is 5.32 Å². The first-order valence-electron chi connectivity index (χ1n) is 11.0. The van der Waals surface area contributed by atoms with Crippen molar-refractivity contribution in [2.75, 3.05) is 32.1 Å². The molecule has 1 fully saturated rings. The Morgan fingerprint density at radius 2 is 2.12 bits per heavy atom. The molecule has 0 aliphatic carbocycles. The zero-order valence-corrected chi connectivity index (χ0v) is 19.4. The zero-order valence-electron chi connectivity index (χ0n) is 19.4. The maximum Gasteiger partial charge on any atom is 0.389 e. The van der Waals surface area contributed by atoms with Crippen LogP contribution in [0.3, 0.4) is 0 Å². The van der Waals surface area contributed by atoms with Crippen molar-refractivity contribution in [3.05, 3.63) is 47.8 Å². The molecule has 2 aromatic rings. The van der Waals surface area contributed by atoms with Crippen LogP contribution in [-0.2, 0) is 0 Å². The predicted molar refractivity (Wildman–Crippen MR) is 123 cm³/mol. The van der Waals surface area contributed by atoms with Gasteiger partial charge in [0.05, 0.1) is 26.1 Å². The lowest BCUT2D eigenvalue weighted by molar-refractivity contribution is -0.145. The summed E-state index contributed by atoms with van der Waals surface area (Å²) in [6.45, 7) is 4.67. The number of halogens is 3. The van der Waals surface area contributed by atoms with E-state index in [1.165, 1.54) is 32.0 Å². The van der Waals surface area contributed by atoms with Gasteiger partial charge in [-0.25, -0.2) is 14.8 Å². The van der Waals surface area contributed by atoms with Crippen molar-refractivity contribution in [3.8, 4) is 11.6 Å². The lowest BCUT2D eigenvalue weighted by Crippen LogP contribution is -2.42. The average Bonchev–Trinajstić information content (AvgIpc) is 2.78. The fourth-order valence-electron chi connectivity index (χ4n) is 3.72. The summed E-state index contributed by atoms with van der Waals surface area (Å²) in [6.07, 6.45) is 0.568. The Kier molecular flexibility index (Phi) is 8.36. The van der Waals surface area contributed by atoms with Crippen LogP contribution in [0.2, 0.25) is 0 Å². The summed E-state index contributed by atoms with van der Waals surface area (Å²) in [5.74, 6) is 0.762. The van der Waals surface area contributed by atoms with Gasteiger partial charge in [0, 0.05) is 19.5 Å². The van der Waals surface area contributed by atoms with Crippen LogP contribution in [0.25, 0.3) is 6.08 Å². The van der Waals surface area contributed by atoms with Gasteiger partial charge in [0.1, 0.15) is 5.75 Å². The number of nitrogens with one attached hydrogen (secondary N) is 1. The molecular formula is C24H29F3N4O3. The van der Waals surface area contributed by atoms with Crippen LogP contribution in [0.5, 0.6) is 11.6 Å². The third kappa shape index (κ3) is 7.64. The molecule has 10 heteroatoms. The fraction of sp³-hybridized carbons (Fsp3) is 0.458. The van der Waals surface area contributed by atoms with Gasteiger partial charge in [-0.2, -0.15) is 13.2 Å². The van der Waals surface area contributed by atoms with Crippen LogP contribution >= 0.6 is 0 Å². The Bertz CT molecular complexity index is 996. The van der Waals surface area contributed by atoms with E-state index in [2.05, 4.69) is 28.3 Å². The van der Waals surface area contributed by atoms with Gasteiger partial charge in [-0.1, -0.05) is 37.6 Å². The number of aromatic nitrogens is 2. The van der Waals surface area contributed by atoms with Crippen LogP contribution in [-0.4, -0.2) is 53.9 Å². The lowest BCUT2D eigenvalue weighted by Gasteiger charge is -2.33.